The van der Waals surface area contributed by atoms with E-state index in [9.17, 15) is 4.79 Å². The zero-order valence-electron chi connectivity index (χ0n) is 11.7. The Bertz CT molecular complexity index is 993. The molecule has 0 aliphatic carbocycles. The molecule has 0 aliphatic heterocycles. The van der Waals surface area contributed by atoms with Gasteiger partial charge in [-0.05, 0) is 18.2 Å². The van der Waals surface area contributed by atoms with Gasteiger partial charge in [0.1, 0.15) is 10.4 Å². The van der Waals surface area contributed by atoms with Crippen molar-refractivity contribution in [3.8, 4) is 0 Å². The zero-order chi connectivity index (χ0) is 15.9. The Kier molecular flexibility index (Phi) is 3.34. The minimum Gasteiger partial charge on any atom is -0.389 e. The summed E-state index contributed by atoms with van der Waals surface area (Å²) in [6, 6.07) is 6.95. The normalized spacial score (nSPS) is 10.9. The van der Waals surface area contributed by atoms with Crippen molar-refractivity contribution in [2.24, 2.45) is 5.73 Å². The first-order chi connectivity index (χ1) is 10.5. The van der Waals surface area contributed by atoms with Crippen molar-refractivity contribution in [3.63, 3.8) is 0 Å². The van der Waals surface area contributed by atoms with Gasteiger partial charge >= 0.3 is 0 Å². The monoisotopic (exact) mass is 312 g/mol. The number of fused-ring (bicyclic) bond motifs is 2. The van der Waals surface area contributed by atoms with Gasteiger partial charge in [-0.25, -0.2) is 4.57 Å². The zero-order valence-corrected chi connectivity index (χ0v) is 12.5. The molecule has 22 heavy (non-hydrogen) atoms. The molecule has 0 atom stereocenters. The number of aromatic nitrogens is 3. The molecular formula is C15H14N5OS+. The average Bonchev–Trinajstić information content (AvgIpc) is 2.50. The highest BCUT2D eigenvalue weighted by atomic mass is 32.1. The maximum absolute atomic E-state index is 12.7. The van der Waals surface area contributed by atoms with Crippen LogP contribution in [0, 0.1) is 0 Å². The summed E-state index contributed by atoms with van der Waals surface area (Å²) >= 11 is 5.02. The van der Waals surface area contributed by atoms with E-state index in [1.807, 2.05) is 6.07 Å². The first kappa shape index (κ1) is 14.2. The van der Waals surface area contributed by atoms with E-state index in [0.29, 0.717) is 34.6 Å². The molecule has 0 unspecified atom stereocenters. The molecule has 6 nitrogen and oxygen atoms in total. The molecular weight excluding hydrogens is 298 g/mol. The van der Waals surface area contributed by atoms with Crippen molar-refractivity contribution >= 4 is 39.7 Å². The lowest BCUT2D eigenvalue weighted by atomic mass is 10.2. The van der Waals surface area contributed by atoms with Crippen LogP contribution >= 0.6 is 12.2 Å². The van der Waals surface area contributed by atoms with E-state index in [1.54, 1.807) is 35.0 Å². The highest BCUT2D eigenvalue weighted by Gasteiger charge is 2.21. The Balaban J connectivity index is 2.57. The summed E-state index contributed by atoms with van der Waals surface area (Å²) in [7, 11) is 0. The second kappa shape index (κ2) is 5.19. The van der Waals surface area contributed by atoms with Crippen molar-refractivity contribution in [2.75, 3.05) is 5.73 Å². The number of allylic oxidation sites excluding steroid dienone is 1. The van der Waals surface area contributed by atoms with Gasteiger partial charge in [-0.1, -0.05) is 35.9 Å². The number of hydrogen-bond acceptors (Lipinski definition) is 4. The van der Waals surface area contributed by atoms with E-state index < -0.39 is 0 Å². The maximum atomic E-state index is 12.7. The fourth-order valence-corrected chi connectivity index (χ4v) is 2.58. The van der Waals surface area contributed by atoms with Gasteiger partial charge in [0.2, 0.25) is 11.5 Å². The maximum Gasteiger partial charge on any atom is 0.278 e. The first-order valence-corrected chi connectivity index (χ1v) is 6.99. The molecule has 0 aliphatic rings. The summed E-state index contributed by atoms with van der Waals surface area (Å²) in [5, 5.41) is 0.405. The second-order valence-electron chi connectivity index (χ2n) is 4.79. The number of nitrogens with zero attached hydrogens (tertiary/aromatic N) is 3. The van der Waals surface area contributed by atoms with E-state index >= 15 is 0 Å². The summed E-state index contributed by atoms with van der Waals surface area (Å²) in [5.74, 6) is 0.368. The molecule has 3 rings (SSSR count). The van der Waals surface area contributed by atoms with Crippen LogP contribution in [0.4, 0.5) is 5.82 Å². The Hall–Kier alpha value is -2.80. The number of nitrogens with two attached hydrogens (primary N) is 2. The fraction of sp³-hybridized carbons (Fsp3) is 0.0667. The molecule has 0 saturated heterocycles. The SMILES string of the molecule is C=CC[n+]1c(N)c(C(N)=S)cc2c(=O)n3ccccc3nc21. The fourth-order valence-electron chi connectivity index (χ4n) is 2.41. The summed E-state index contributed by atoms with van der Waals surface area (Å²) in [5.41, 5.74) is 13.1. The molecule has 3 aromatic rings. The lowest BCUT2D eigenvalue weighted by Crippen LogP contribution is -2.41. The predicted octanol–water partition coefficient (Wildman–Crippen LogP) is 0.538. The van der Waals surface area contributed by atoms with Crippen LogP contribution in [0.3, 0.4) is 0 Å². The van der Waals surface area contributed by atoms with Gasteiger partial charge in [0.05, 0.1) is 12.1 Å². The molecule has 3 aromatic heterocycles. The molecule has 0 aromatic carbocycles. The third kappa shape index (κ3) is 2.03. The standard InChI is InChI=1S/C15H13N5OS/c1-2-6-20-12(16)9(13(17)22)8-10-14(20)18-11-5-3-4-7-19(11)15(10)21/h2-5,7-8,16H,1,6H2,(H2,17,22)/p+1. The van der Waals surface area contributed by atoms with Gasteiger partial charge in [0, 0.05) is 6.20 Å². The Morgan fingerprint density at radius 2 is 2.27 bits per heavy atom. The van der Waals surface area contributed by atoms with E-state index in [1.165, 1.54) is 4.40 Å². The van der Waals surface area contributed by atoms with Gasteiger partial charge < -0.3 is 11.5 Å². The number of pyridine rings is 2. The largest absolute Gasteiger partial charge is 0.389 e. The molecule has 4 N–H and O–H groups in total. The molecule has 0 saturated carbocycles. The van der Waals surface area contributed by atoms with Crippen molar-refractivity contribution < 1.29 is 4.57 Å². The van der Waals surface area contributed by atoms with E-state index in [4.69, 9.17) is 23.7 Å². The smallest absolute Gasteiger partial charge is 0.278 e. The number of thiocarbonyl (C=S) groups is 1. The minimum absolute atomic E-state index is 0.134. The predicted molar refractivity (Wildman–Crippen MR) is 89.7 cm³/mol. The lowest BCUT2D eigenvalue weighted by molar-refractivity contribution is -0.648. The molecule has 7 heteroatoms. The number of nitrogen functional groups attached to an aromatic ring is 1. The Morgan fingerprint density at radius 1 is 1.50 bits per heavy atom. The van der Waals surface area contributed by atoms with Crippen LogP contribution in [-0.4, -0.2) is 14.4 Å². The van der Waals surface area contributed by atoms with Gasteiger partial charge in [0.25, 0.3) is 11.2 Å². The third-order valence-electron chi connectivity index (χ3n) is 3.44. The van der Waals surface area contributed by atoms with Gasteiger partial charge in [-0.2, -0.15) is 0 Å². The van der Waals surface area contributed by atoms with E-state index in [-0.39, 0.29) is 10.5 Å². The van der Waals surface area contributed by atoms with Crippen LogP contribution in [0.25, 0.3) is 16.7 Å². The molecule has 0 spiro atoms. The van der Waals surface area contributed by atoms with E-state index in [2.05, 4.69) is 11.6 Å². The topological polar surface area (TPSA) is 90.3 Å². The summed E-state index contributed by atoms with van der Waals surface area (Å²) in [6.45, 7) is 4.11. The molecule has 0 bridgehead atoms. The van der Waals surface area contributed by atoms with E-state index in [0.717, 1.165) is 0 Å². The average molecular weight is 312 g/mol. The highest BCUT2D eigenvalue weighted by molar-refractivity contribution is 7.80. The molecule has 110 valence electrons. The minimum atomic E-state index is -0.198. The van der Waals surface area contributed by atoms with Crippen LogP contribution in [0.2, 0.25) is 0 Å². The van der Waals surface area contributed by atoms with Crippen molar-refractivity contribution in [3.05, 3.63) is 59.0 Å². The van der Waals surface area contributed by atoms with Crippen LogP contribution in [0.15, 0.2) is 47.9 Å². The number of rotatable bonds is 3. The summed E-state index contributed by atoms with van der Waals surface area (Å²) in [4.78, 5) is 17.4. The van der Waals surface area contributed by atoms with Crippen LogP contribution in [-0.2, 0) is 6.54 Å². The van der Waals surface area contributed by atoms with Crippen LogP contribution in [0.5, 0.6) is 0 Å². The highest BCUT2D eigenvalue weighted by Crippen LogP contribution is 2.14. The van der Waals surface area contributed by atoms with Gasteiger partial charge in [-0.15, -0.1) is 0 Å². The first-order valence-electron chi connectivity index (χ1n) is 6.58. The van der Waals surface area contributed by atoms with Crippen LogP contribution in [0.1, 0.15) is 5.56 Å². The molecule has 0 radical (unpaired) electrons. The molecule has 0 fully saturated rings. The summed E-state index contributed by atoms with van der Waals surface area (Å²) in [6.07, 6.45) is 3.34. The van der Waals surface area contributed by atoms with Crippen molar-refractivity contribution in [1.82, 2.24) is 9.38 Å². The van der Waals surface area contributed by atoms with Gasteiger partial charge in [-0.3, -0.25) is 9.20 Å². The van der Waals surface area contributed by atoms with Crippen molar-refractivity contribution in [2.45, 2.75) is 6.54 Å². The Morgan fingerprint density at radius 3 is 2.95 bits per heavy atom. The van der Waals surface area contributed by atoms with Crippen molar-refractivity contribution in [1.29, 1.82) is 0 Å². The van der Waals surface area contributed by atoms with Crippen LogP contribution < -0.4 is 21.6 Å². The number of hydrogen-bond donors (Lipinski definition) is 2. The second-order valence-corrected chi connectivity index (χ2v) is 5.23. The molecule has 3 heterocycles. The summed E-state index contributed by atoms with van der Waals surface area (Å²) < 4.78 is 3.16. The quantitative estimate of drug-likeness (QED) is 0.319. The third-order valence-corrected chi connectivity index (χ3v) is 3.66. The lowest BCUT2D eigenvalue weighted by Gasteiger charge is -2.09. The Labute approximate surface area is 131 Å². The van der Waals surface area contributed by atoms with Gasteiger partial charge in [0.15, 0.2) is 0 Å². The molecule has 0 amide bonds. The number of anilines is 1.